The summed E-state index contributed by atoms with van der Waals surface area (Å²) in [6.45, 7) is 6.96. The molecule has 3 aromatic heterocycles. The molecule has 4 aromatic rings. The summed E-state index contributed by atoms with van der Waals surface area (Å²) in [5, 5.41) is 5.07. The highest BCUT2D eigenvalue weighted by Gasteiger charge is 2.24. The first-order valence-corrected chi connectivity index (χ1v) is 10.7. The molecule has 1 amide bonds. The maximum atomic E-state index is 13.4. The maximum absolute atomic E-state index is 13.4. The number of ether oxygens (including phenoxy) is 1. The second kappa shape index (κ2) is 8.62. The number of amides is 1. The normalized spacial score (nSPS) is 11.2. The number of carbonyl (C=O) groups excluding carboxylic acids is 1. The minimum atomic E-state index is -0.192. The summed E-state index contributed by atoms with van der Waals surface area (Å²) in [5.74, 6) is 0.600. The Morgan fingerprint density at radius 2 is 2.13 bits per heavy atom. The van der Waals surface area contributed by atoms with Crippen LogP contribution in [0.2, 0.25) is 0 Å². The molecule has 0 unspecified atom stereocenters. The number of nitrogens with zero attached hydrogens (tertiary/aromatic N) is 5. The van der Waals surface area contributed by atoms with E-state index < -0.39 is 0 Å². The molecule has 1 aromatic carbocycles. The number of aromatic nitrogens is 4. The molecule has 154 valence electrons. The maximum Gasteiger partial charge on any atom is 0.280 e. The smallest absolute Gasteiger partial charge is 0.280 e. The SMILES string of the molecule is CCOc1ccc2nc(N(Cc3cccnc3)C(=O)c3ccn(C(C)C)n3)sc2c1. The lowest BCUT2D eigenvalue weighted by molar-refractivity contribution is 0.0979. The molecule has 7 nitrogen and oxygen atoms in total. The van der Waals surface area contributed by atoms with Crippen molar-refractivity contribution < 1.29 is 9.53 Å². The van der Waals surface area contributed by atoms with E-state index >= 15 is 0 Å². The van der Waals surface area contributed by atoms with Crippen LogP contribution in [-0.2, 0) is 6.54 Å². The Kier molecular flexibility index (Phi) is 5.76. The number of rotatable bonds is 7. The molecule has 0 fully saturated rings. The highest BCUT2D eigenvalue weighted by Crippen LogP contribution is 2.33. The van der Waals surface area contributed by atoms with E-state index in [1.165, 1.54) is 11.3 Å². The zero-order chi connectivity index (χ0) is 21.1. The molecular formula is C22H23N5O2S. The third-order valence-corrected chi connectivity index (χ3v) is 5.60. The molecule has 0 radical (unpaired) electrons. The average molecular weight is 422 g/mol. The molecule has 4 rings (SSSR count). The van der Waals surface area contributed by atoms with Gasteiger partial charge in [-0.1, -0.05) is 17.4 Å². The first-order chi connectivity index (χ1) is 14.5. The molecule has 0 aliphatic heterocycles. The van der Waals surface area contributed by atoms with Gasteiger partial charge in [-0.15, -0.1) is 0 Å². The van der Waals surface area contributed by atoms with Gasteiger partial charge in [0.1, 0.15) is 5.75 Å². The summed E-state index contributed by atoms with van der Waals surface area (Å²) in [5.41, 5.74) is 2.14. The van der Waals surface area contributed by atoms with Crippen molar-refractivity contribution in [2.24, 2.45) is 0 Å². The van der Waals surface area contributed by atoms with Crippen LogP contribution in [0.5, 0.6) is 5.75 Å². The molecule has 30 heavy (non-hydrogen) atoms. The average Bonchev–Trinajstić information content (AvgIpc) is 3.40. The number of fused-ring (bicyclic) bond motifs is 1. The van der Waals surface area contributed by atoms with Crippen LogP contribution in [0.3, 0.4) is 0 Å². The second-order valence-corrected chi connectivity index (χ2v) is 8.10. The Labute approximate surface area is 179 Å². The van der Waals surface area contributed by atoms with Gasteiger partial charge in [-0.25, -0.2) is 4.98 Å². The molecule has 0 bridgehead atoms. The van der Waals surface area contributed by atoms with E-state index in [0.29, 0.717) is 24.0 Å². The van der Waals surface area contributed by atoms with Gasteiger partial charge in [-0.05, 0) is 56.7 Å². The van der Waals surface area contributed by atoms with Crippen LogP contribution in [0, 0.1) is 0 Å². The Bertz CT molecular complexity index is 1150. The number of hydrogen-bond donors (Lipinski definition) is 0. The van der Waals surface area contributed by atoms with Gasteiger partial charge in [0.15, 0.2) is 10.8 Å². The highest BCUT2D eigenvalue weighted by atomic mass is 32.1. The van der Waals surface area contributed by atoms with Crippen molar-refractivity contribution in [2.45, 2.75) is 33.4 Å². The van der Waals surface area contributed by atoms with Crippen LogP contribution < -0.4 is 9.64 Å². The third-order valence-electron chi connectivity index (χ3n) is 4.56. The molecule has 0 saturated heterocycles. The van der Waals surface area contributed by atoms with Crippen LogP contribution in [0.25, 0.3) is 10.2 Å². The molecule has 0 aliphatic carbocycles. The van der Waals surface area contributed by atoms with Crippen molar-refractivity contribution in [3.05, 3.63) is 66.2 Å². The zero-order valence-electron chi connectivity index (χ0n) is 17.1. The Hall–Kier alpha value is -3.26. The minimum absolute atomic E-state index is 0.178. The van der Waals surface area contributed by atoms with E-state index in [0.717, 1.165) is 21.5 Å². The monoisotopic (exact) mass is 421 g/mol. The first-order valence-electron chi connectivity index (χ1n) is 9.84. The molecule has 0 saturated carbocycles. The van der Waals surface area contributed by atoms with E-state index in [1.807, 2.05) is 57.3 Å². The molecule has 0 N–H and O–H groups in total. The van der Waals surface area contributed by atoms with Crippen LogP contribution in [-0.4, -0.2) is 32.3 Å². The van der Waals surface area contributed by atoms with E-state index in [9.17, 15) is 4.79 Å². The van der Waals surface area contributed by atoms with Gasteiger partial charge in [0, 0.05) is 24.6 Å². The second-order valence-electron chi connectivity index (χ2n) is 7.09. The van der Waals surface area contributed by atoms with Gasteiger partial charge in [0.05, 0.1) is 23.4 Å². The zero-order valence-corrected chi connectivity index (χ0v) is 18.0. The number of carbonyl (C=O) groups is 1. The Morgan fingerprint density at radius 3 is 2.83 bits per heavy atom. The van der Waals surface area contributed by atoms with Crippen molar-refractivity contribution >= 4 is 32.6 Å². The number of anilines is 1. The molecule has 0 aliphatic rings. The van der Waals surface area contributed by atoms with Gasteiger partial charge in [0.2, 0.25) is 0 Å². The first kappa shape index (κ1) is 20.0. The summed E-state index contributed by atoms with van der Waals surface area (Å²) in [7, 11) is 0. The van der Waals surface area contributed by atoms with Gasteiger partial charge in [-0.3, -0.25) is 19.4 Å². The van der Waals surface area contributed by atoms with Crippen molar-refractivity contribution in [2.75, 3.05) is 11.5 Å². The van der Waals surface area contributed by atoms with E-state index in [4.69, 9.17) is 9.72 Å². The lowest BCUT2D eigenvalue weighted by Crippen LogP contribution is -2.31. The molecule has 0 atom stereocenters. The topological polar surface area (TPSA) is 73.1 Å². The highest BCUT2D eigenvalue weighted by molar-refractivity contribution is 7.22. The van der Waals surface area contributed by atoms with Gasteiger partial charge in [0.25, 0.3) is 5.91 Å². The van der Waals surface area contributed by atoms with Crippen LogP contribution in [0.15, 0.2) is 55.0 Å². The Morgan fingerprint density at radius 1 is 1.27 bits per heavy atom. The fraction of sp³-hybridized carbons (Fsp3) is 0.273. The minimum Gasteiger partial charge on any atom is -0.494 e. The number of thiazole rings is 1. The van der Waals surface area contributed by atoms with Crippen LogP contribution in [0.1, 0.15) is 42.9 Å². The van der Waals surface area contributed by atoms with Crippen molar-refractivity contribution in [3.63, 3.8) is 0 Å². The van der Waals surface area contributed by atoms with E-state index in [1.54, 1.807) is 28.0 Å². The molecule has 8 heteroatoms. The van der Waals surface area contributed by atoms with Crippen molar-refractivity contribution in [1.82, 2.24) is 19.7 Å². The summed E-state index contributed by atoms with van der Waals surface area (Å²) in [4.78, 5) is 24.0. The predicted molar refractivity (Wildman–Crippen MR) is 118 cm³/mol. The third kappa shape index (κ3) is 4.18. The predicted octanol–water partition coefficient (Wildman–Crippen LogP) is 4.71. The summed E-state index contributed by atoms with van der Waals surface area (Å²) < 4.78 is 8.34. The standard InChI is InChI=1S/C22H23N5O2S/c1-4-29-17-7-8-18-20(12-17)30-22(24-18)26(14-16-6-5-10-23-13-16)21(28)19-9-11-27(25-19)15(2)3/h5-13,15H,4,14H2,1-3H3. The molecule has 3 heterocycles. The number of hydrogen-bond acceptors (Lipinski definition) is 6. The fourth-order valence-corrected chi connectivity index (χ4v) is 4.03. The summed E-state index contributed by atoms with van der Waals surface area (Å²) in [6, 6.07) is 11.5. The van der Waals surface area contributed by atoms with Crippen molar-refractivity contribution in [1.29, 1.82) is 0 Å². The largest absolute Gasteiger partial charge is 0.494 e. The Balaban J connectivity index is 1.72. The van der Waals surface area contributed by atoms with Gasteiger partial charge < -0.3 is 4.74 Å². The number of pyridine rings is 1. The van der Waals surface area contributed by atoms with Gasteiger partial charge in [-0.2, -0.15) is 5.10 Å². The van der Waals surface area contributed by atoms with Gasteiger partial charge >= 0.3 is 0 Å². The number of benzene rings is 1. The van der Waals surface area contributed by atoms with Crippen LogP contribution >= 0.6 is 11.3 Å². The quantitative estimate of drug-likeness (QED) is 0.432. The molecule has 0 spiro atoms. The summed E-state index contributed by atoms with van der Waals surface area (Å²) >= 11 is 1.46. The van der Waals surface area contributed by atoms with Crippen LogP contribution in [0.4, 0.5) is 5.13 Å². The molecular weight excluding hydrogens is 398 g/mol. The lowest BCUT2D eigenvalue weighted by atomic mass is 10.2. The van der Waals surface area contributed by atoms with Crippen molar-refractivity contribution in [3.8, 4) is 5.75 Å². The fourth-order valence-electron chi connectivity index (χ4n) is 3.04. The van der Waals surface area contributed by atoms with E-state index in [2.05, 4.69) is 10.1 Å². The lowest BCUT2D eigenvalue weighted by Gasteiger charge is -2.18. The summed E-state index contributed by atoms with van der Waals surface area (Å²) in [6.07, 6.45) is 5.30. The van der Waals surface area contributed by atoms with E-state index in [-0.39, 0.29) is 11.9 Å².